The number of thioether (sulfide) groups is 1. The standard InChI is InChI=1S/C13H13NOS2/c1-9(15)7-11-8-17-13(14-11)10-3-5-12(16-2)6-4-10/h3-6,8H,7H2,1-2H3. The van der Waals surface area contributed by atoms with Crippen LogP contribution >= 0.6 is 23.1 Å². The summed E-state index contributed by atoms with van der Waals surface area (Å²) in [7, 11) is 0. The Morgan fingerprint density at radius 1 is 1.35 bits per heavy atom. The smallest absolute Gasteiger partial charge is 0.135 e. The molecule has 0 saturated heterocycles. The van der Waals surface area contributed by atoms with Gasteiger partial charge in [0.2, 0.25) is 0 Å². The van der Waals surface area contributed by atoms with Gasteiger partial charge in [-0.3, -0.25) is 4.79 Å². The van der Waals surface area contributed by atoms with Crippen LogP contribution in [0, 0.1) is 0 Å². The lowest BCUT2D eigenvalue weighted by Gasteiger charge is -1.98. The van der Waals surface area contributed by atoms with Crippen molar-refractivity contribution in [1.29, 1.82) is 0 Å². The van der Waals surface area contributed by atoms with E-state index in [-0.39, 0.29) is 5.78 Å². The van der Waals surface area contributed by atoms with E-state index < -0.39 is 0 Å². The van der Waals surface area contributed by atoms with Crippen LogP contribution in [0.15, 0.2) is 34.5 Å². The zero-order valence-corrected chi connectivity index (χ0v) is 11.4. The molecule has 1 aromatic carbocycles. The predicted octanol–water partition coefficient (Wildman–Crippen LogP) is 3.66. The van der Waals surface area contributed by atoms with E-state index in [1.165, 1.54) is 4.90 Å². The van der Waals surface area contributed by atoms with Crippen LogP contribution in [0.5, 0.6) is 0 Å². The third-order valence-electron chi connectivity index (χ3n) is 2.32. The summed E-state index contributed by atoms with van der Waals surface area (Å²) in [5, 5.41) is 2.94. The zero-order valence-electron chi connectivity index (χ0n) is 9.77. The van der Waals surface area contributed by atoms with Crippen LogP contribution in [0.1, 0.15) is 12.6 Å². The van der Waals surface area contributed by atoms with Crippen molar-refractivity contribution in [1.82, 2.24) is 4.98 Å². The lowest BCUT2D eigenvalue weighted by atomic mass is 10.2. The predicted molar refractivity (Wildman–Crippen MR) is 73.7 cm³/mol. The molecular weight excluding hydrogens is 250 g/mol. The van der Waals surface area contributed by atoms with E-state index in [0.717, 1.165) is 16.3 Å². The molecule has 4 heteroatoms. The van der Waals surface area contributed by atoms with E-state index in [9.17, 15) is 4.79 Å². The Balaban J connectivity index is 2.21. The Kier molecular flexibility index (Phi) is 3.97. The number of thiazole rings is 1. The van der Waals surface area contributed by atoms with Crippen LogP contribution in [-0.2, 0) is 11.2 Å². The molecule has 0 fully saturated rings. The van der Waals surface area contributed by atoms with Gasteiger partial charge < -0.3 is 0 Å². The Hall–Kier alpha value is -1.13. The molecule has 0 atom stereocenters. The lowest BCUT2D eigenvalue weighted by Crippen LogP contribution is -1.95. The van der Waals surface area contributed by atoms with Gasteiger partial charge in [-0.05, 0) is 25.3 Å². The van der Waals surface area contributed by atoms with Crippen molar-refractivity contribution in [3.05, 3.63) is 35.3 Å². The molecule has 1 heterocycles. The van der Waals surface area contributed by atoms with E-state index in [2.05, 4.69) is 35.5 Å². The SMILES string of the molecule is CSc1ccc(-c2nc(CC(C)=O)cs2)cc1. The van der Waals surface area contributed by atoms with Gasteiger partial charge in [-0.25, -0.2) is 4.98 Å². The number of benzene rings is 1. The normalized spacial score (nSPS) is 10.5. The lowest BCUT2D eigenvalue weighted by molar-refractivity contribution is -0.116. The first kappa shape index (κ1) is 12.3. The van der Waals surface area contributed by atoms with Crippen LogP contribution < -0.4 is 0 Å². The maximum absolute atomic E-state index is 11.0. The molecule has 2 rings (SSSR count). The highest BCUT2D eigenvalue weighted by Crippen LogP contribution is 2.26. The molecule has 1 aromatic heterocycles. The Morgan fingerprint density at radius 2 is 2.06 bits per heavy atom. The van der Waals surface area contributed by atoms with Gasteiger partial charge in [-0.15, -0.1) is 23.1 Å². The van der Waals surface area contributed by atoms with Crippen molar-refractivity contribution >= 4 is 28.9 Å². The summed E-state index contributed by atoms with van der Waals surface area (Å²) in [6, 6.07) is 8.32. The van der Waals surface area contributed by atoms with Crippen LogP contribution in [0.4, 0.5) is 0 Å². The summed E-state index contributed by atoms with van der Waals surface area (Å²) in [4.78, 5) is 16.7. The van der Waals surface area contributed by atoms with Gasteiger partial charge >= 0.3 is 0 Å². The number of hydrogen-bond donors (Lipinski definition) is 0. The molecule has 0 radical (unpaired) electrons. The second-order valence-corrected chi connectivity index (χ2v) is 5.49. The molecule has 17 heavy (non-hydrogen) atoms. The molecule has 0 amide bonds. The van der Waals surface area contributed by atoms with Crippen LogP contribution in [0.3, 0.4) is 0 Å². The van der Waals surface area contributed by atoms with Crippen molar-refractivity contribution in [3.63, 3.8) is 0 Å². The van der Waals surface area contributed by atoms with Gasteiger partial charge in [-0.1, -0.05) is 12.1 Å². The first-order valence-corrected chi connectivity index (χ1v) is 7.38. The fourth-order valence-electron chi connectivity index (χ4n) is 1.51. The summed E-state index contributed by atoms with van der Waals surface area (Å²) in [6.07, 6.45) is 2.49. The average molecular weight is 263 g/mol. The third-order valence-corrected chi connectivity index (χ3v) is 4.00. The second-order valence-electron chi connectivity index (χ2n) is 3.75. The number of ketones is 1. The highest BCUT2D eigenvalue weighted by atomic mass is 32.2. The fourth-order valence-corrected chi connectivity index (χ4v) is 2.74. The topological polar surface area (TPSA) is 30.0 Å². The van der Waals surface area contributed by atoms with E-state index >= 15 is 0 Å². The van der Waals surface area contributed by atoms with Crippen LogP contribution in [0.25, 0.3) is 10.6 Å². The third kappa shape index (κ3) is 3.17. The molecule has 0 N–H and O–H groups in total. The average Bonchev–Trinajstić information content (AvgIpc) is 2.77. The molecule has 0 aliphatic carbocycles. The van der Waals surface area contributed by atoms with Crippen molar-refractivity contribution in [2.45, 2.75) is 18.2 Å². The second kappa shape index (κ2) is 5.47. The molecule has 0 aliphatic heterocycles. The first-order chi connectivity index (χ1) is 8.19. The van der Waals surface area contributed by atoms with Crippen molar-refractivity contribution in [3.8, 4) is 10.6 Å². The minimum absolute atomic E-state index is 0.152. The molecule has 2 aromatic rings. The maximum atomic E-state index is 11.0. The van der Waals surface area contributed by atoms with Crippen molar-refractivity contribution in [2.24, 2.45) is 0 Å². The molecular formula is C13H13NOS2. The minimum Gasteiger partial charge on any atom is -0.300 e. The highest BCUT2D eigenvalue weighted by molar-refractivity contribution is 7.98. The zero-order chi connectivity index (χ0) is 12.3. The molecule has 0 unspecified atom stereocenters. The van der Waals surface area contributed by atoms with Gasteiger partial charge in [0.25, 0.3) is 0 Å². The summed E-state index contributed by atoms with van der Waals surface area (Å²) in [6.45, 7) is 1.59. The van der Waals surface area contributed by atoms with E-state index in [1.54, 1.807) is 30.0 Å². The van der Waals surface area contributed by atoms with Crippen molar-refractivity contribution < 1.29 is 4.79 Å². The molecule has 88 valence electrons. The van der Waals surface area contributed by atoms with Crippen molar-refractivity contribution in [2.75, 3.05) is 6.26 Å². The molecule has 2 nitrogen and oxygen atoms in total. The number of hydrogen-bond acceptors (Lipinski definition) is 4. The first-order valence-electron chi connectivity index (χ1n) is 5.27. The summed E-state index contributed by atoms with van der Waals surface area (Å²) in [5.41, 5.74) is 1.98. The van der Waals surface area contributed by atoms with E-state index in [0.29, 0.717) is 6.42 Å². The summed E-state index contributed by atoms with van der Waals surface area (Å²) >= 11 is 3.31. The fraction of sp³-hybridized carbons (Fsp3) is 0.231. The number of nitrogens with zero attached hydrogens (tertiary/aromatic N) is 1. The highest BCUT2D eigenvalue weighted by Gasteiger charge is 2.06. The molecule has 0 saturated carbocycles. The van der Waals surface area contributed by atoms with Gasteiger partial charge in [0.1, 0.15) is 10.8 Å². The monoisotopic (exact) mass is 263 g/mol. The van der Waals surface area contributed by atoms with E-state index in [1.807, 2.05) is 5.38 Å². The minimum atomic E-state index is 0.152. The summed E-state index contributed by atoms with van der Waals surface area (Å²) in [5.74, 6) is 0.152. The molecule has 0 aliphatic rings. The van der Waals surface area contributed by atoms with Gasteiger partial charge in [0.05, 0.1) is 5.69 Å². The van der Waals surface area contributed by atoms with Gasteiger partial charge in [0.15, 0.2) is 0 Å². The van der Waals surface area contributed by atoms with Crippen LogP contribution in [-0.4, -0.2) is 17.0 Å². The molecule has 0 bridgehead atoms. The Labute approximate surface area is 109 Å². The quantitative estimate of drug-likeness (QED) is 0.788. The van der Waals surface area contributed by atoms with Gasteiger partial charge in [-0.2, -0.15) is 0 Å². The van der Waals surface area contributed by atoms with E-state index in [4.69, 9.17) is 0 Å². The largest absolute Gasteiger partial charge is 0.300 e. The van der Waals surface area contributed by atoms with Crippen LogP contribution in [0.2, 0.25) is 0 Å². The number of Topliss-reactive ketones (excluding diaryl/α,β-unsaturated/α-hetero) is 1. The Bertz CT molecular complexity index is 516. The molecule has 0 spiro atoms. The van der Waals surface area contributed by atoms with Gasteiger partial charge in [0, 0.05) is 22.3 Å². The number of carbonyl (C=O) groups excluding carboxylic acids is 1. The Morgan fingerprint density at radius 3 is 2.65 bits per heavy atom. The summed E-state index contributed by atoms with van der Waals surface area (Å²) < 4.78 is 0. The number of aromatic nitrogens is 1. The number of rotatable bonds is 4. The number of carbonyl (C=O) groups is 1. The maximum Gasteiger partial charge on any atom is 0.135 e.